The minimum atomic E-state index is -0.608. The van der Waals surface area contributed by atoms with Crippen molar-refractivity contribution in [2.24, 2.45) is 0 Å². The lowest BCUT2D eigenvalue weighted by Crippen LogP contribution is -2.11. The van der Waals surface area contributed by atoms with Crippen LogP contribution in [0.2, 0.25) is 0 Å². The van der Waals surface area contributed by atoms with Crippen LogP contribution in [0.3, 0.4) is 0 Å². The normalized spacial score (nSPS) is 9.60. The lowest BCUT2D eigenvalue weighted by atomic mass is 10.5. The van der Waals surface area contributed by atoms with Gasteiger partial charge in [0.25, 0.3) is 0 Å². The number of hydrogen-bond acceptors (Lipinski definition) is 6. The Morgan fingerprint density at radius 1 is 1.00 bits per heavy atom. The number of ether oxygens (including phenoxy) is 1. The number of esters is 1. The average Bonchev–Trinajstić information content (AvgIpc) is 2.31. The Balaban J connectivity index is 2.12. The van der Waals surface area contributed by atoms with Crippen molar-refractivity contribution >= 4 is 5.97 Å². The van der Waals surface area contributed by atoms with E-state index in [0.717, 1.165) is 0 Å². The van der Waals surface area contributed by atoms with E-state index in [1.165, 1.54) is 37.2 Å². The quantitative estimate of drug-likeness (QED) is 0.659. The third-order valence-corrected chi connectivity index (χ3v) is 1.51. The molecule has 6 heteroatoms. The molecule has 2 aromatic heterocycles. The second-order valence-electron chi connectivity index (χ2n) is 2.52. The maximum atomic E-state index is 11.4. The van der Waals surface area contributed by atoms with Gasteiger partial charge < -0.3 is 4.74 Å². The van der Waals surface area contributed by atoms with Gasteiger partial charge in [0.1, 0.15) is 0 Å². The summed E-state index contributed by atoms with van der Waals surface area (Å²) >= 11 is 0. The molecule has 6 nitrogen and oxygen atoms in total. The minimum Gasteiger partial charge on any atom is -0.401 e. The fourth-order valence-electron chi connectivity index (χ4n) is 0.890. The fraction of sp³-hybridized carbons (Fsp3) is 0. The zero-order valence-corrected chi connectivity index (χ0v) is 7.57. The van der Waals surface area contributed by atoms with Crippen LogP contribution in [0.4, 0.5) is 0 Å². The third-order valence-electron chi connectivity index (χ3n) is 1.51. The van der Waals surface area contributed by atoms with E-state index in [1.807, 2.05) is 0 Å². The topological polar surface area (TPSA) is 77.9 Å². The molecule has 0 aliphatic carbocycles. The molecule has 2 heterocycles. The maximum absolute atomic E-state index is 11.4. The number of aromatic nitrogens is 4. The molecular weight excluding hydrogens is 196 g/mol. The zero-order valence-electron chi connectivity index (χ0n) is 7.57. The van der Waals surface area contributed by atoms with E-state index in [-0.39, 0.29) is 11.6 Å². The lowest BCUT2D eigenvalue weighted by Gasteiger charge is -2.00. The summed E-state index contributed by atoms with van der Waals surface area (Å²) in [5.41, 5.74) is 0.128. The van der Waals surface area contributed by atoms with Crippen molar-refractivity contribution in [3.05, 3.63) is 42.9 Å². The van der Waals surface area contributed by atoms with Gasteiger partial charge in [-0.05, 0) is 0 Å². The SMILES string of the molecule is O=C(Oc1cnccn1)c1cnccn1. The summed E-state index contributed by atoms with van der Waals surface area (Å²) in [6, 6.07) is 0. The molecule has 15 heavy (non-hydrogen) atoms. The van der Waals surface area contributed by atoms with Gasteiger partial charge >= 0.3 is 5.97 Å². The molecule has 0 radical (unpaired) electrons. The fourth-order valence-corrected chi connectivity index (χ4v) is 0.890. The molecule has 0 aliphatic heterocycles. The predicted molar refractivity (Wildman–Crippen MR) is 49.0 cm³/mol. The first-order valence-electron chi connectivity index (χ1n) is 4.10. The molecule has 2 rings (SSSR count). The van der Waals surface area contributed by atoms with Crippen LogP contribution < -0.4 is 4.74 Å². The summed E-state index contributed by atoms with van der Waals surface area (Å²) in [5.74, 6) is -0.475. The smallest absolute Gasteiger partial charge is 0.365 e. The molecule has 0 aromatic carbocycles. The Morgan fingerprint density at radius 2 is 1.73 bits per heavy atom. The highest BCUT2D eigenvalue weighted by atomic mass is 16.5. The number of nitrogens with zero attached hydrogens (tertiary/aromatic N) is 4. The van der Waals surface area contributed by atoms with Gasteiger partial charge in [-0.3, -0.25) is 9.97 Å². The summed E-state index contributed by atoms with van der Waals surface area (Å²) in [6.07, 6.45) is 8.46. The number of hydrogen-bond donors (Lipinski definition) is 0. The Labute approximate surface area is 85.0 Å². The van der Waals surface area contributed by atoms with Crippen molar-refractivity contribution in [1.29, 1.82) is 0 Å². The molecule has 74 valence electrons. The van der Waals surface area contributed by atoms with Crippen LogP contribution in [-0.2, 0) is 0 Å². The molecule has 0 atom stereocenters. The molecule has 0 bridgehead atoms. The first kappa shape index (κ1) is 9.20. The number of rotatable bonds is 2. The number of carbonyl (C=O) groups excluding carboxylic acids is 1. The summed E-state index contributed by atoms with van der Waals surface area (Å²) in [5, 5.41) is 0. The van der Waals surface area contributed by atoms with Crippen LogP contribution >= 0.6 is 0 Å². The molecule has 0 saturated carbocycles. The summed E-state index contributed by atoms with van der Waals surface area (Å²) in [6.45, 7) is 0. The van der Waals surface area contributed by atoms with E-state index >= 15 is 0 Å². The Bertz CT molecular complexity index is 446. The van der Waals surface area contributed by atoms with Crippen LogP contribution in [-0.4, -0.2) is 25.9 Å². The molecule has 0 amide bonds. The second-order valence-corrected chi connectivity index (χ2v) is 2.52. The first-order valence-corrected chi connectivity index (χ1v) is 4.10. The van der Waals surface area contributed by atoms with Crippen LogP contribution in [0.5, 0.6) is 5.88 Å². The van der Waals surface area contributed by atoms with Gasteiger partial charge in [0.2, 0.25) is 5.88 Å². The minimum absolute atomic E-state index is 0.128. The van der Waals surface area contributed by atoms with Crippen molar-refractivity contribution in [1.82, 2.24) is 19.9 Å². The standard InChI is InChI=1S/C9H6N4O2/c14-9(7-5-10-1-3-12-7)15-8-6-11-2-4-13-8/h1-6H. The third kappa shape index (κ3) is 2.31. The van der Waals surface area contributed by atoms with Crippen LogP contribution in [0.25, 0.3) is 0 Å². The molecule has 0 aliphatic rings. The van der Waals surface area contributed by atoms with Crippen molar-refractivity contribution in [3.63, 3.8) is 0 Å². The highest BCUT2D eigenvalue weighted by Gasteiger charge is 2.10. The van der Waals surface area contributed by atoms with Crippen molar-refractivity contribution < 1.29 is 9.53 Å². The van der Waals surface area contributed by atoms with E-state index in [4.69, 9.17) is 4.74 Å². The first-order chi connectivity index (χ1) is 7.36. The summed E-state index contributed by atoms with van der Waals surface area (Å²) in [4.78, 5) is 26.5. The van der Waals surface area contributed by atoms with E-state index in [2.05, 4.69) is 19.9 Å². The Hall–Kier alpha value is -2.37. The van der Waals surface area contributed by atoms with E-state index < -0.39 is 5.97 Å². The van der Waals surface area contributed by atoms with E-state index in [9.17, 15) is 4.79 Å². The molecule has 0 fully saturated rings. The monoisotopic (exact) mass is 202 g/mol. The van der Waals surface area contributed by atoms with Gasteiger partial charge in [-0.2, -0.15) is 0 Å². The Kier molecular flexibility index (Phi) is 2.59. The van der Waals surface area contributed by atoms with Gasteiger partial charge in [0.15, 0.2) is 5.69 Å². The predicted octanol–water partition coefficient (Wildman–Crippen LogP) is 0.486. The zero-order chi connectivity index (χ0) is 10.5. The average molecular weight is 202 g/mol. The van der Waals surface area contributed by atoms with Crippen molar-refractivity contribution in [3.8, 4) is 5.88 Å². The molecule has 0 N–H and O–H groups in total. The molecule has 2 aromatic rings. The van der Waals surface area contributed by atoms with E-state index in [1.54, 1.807) is 0 Å². The summed E-state index contributed by atoms with van der Waals surface area (Å²) < 4.78 is 4.89. The van der Waals surface area contributed by atoms with Crippen LogP contribution in [0.15, 0.2) is 37.2 Å². The molecule has 0 unspecified atom stereocenters. The van der Waals surface area contributed by atoms with Gasteiger partial charge in [0, 0.05) is 24.8 Å². The Morgan fingerprint density at radius 3 is 2.33 bits per heavy atom. The maximum Gasteiger partial charge on any atom is 0.365 e. The molecule has 0 saturated heterocycles. The highest BCUT2D eigenvalue weighted by Crippen LogP contribution is 2.03. The van der Waals surface area contributed by atoms with Gasteiger partial charge in [-0.25, -0.2) is 14.8 Å². The van der Waals surface area contributed by atoms with Crippen LogP contribution in [0, 0.1) is 0 Å². The van der Waals surface area contributed by atoms with Gasteiger partial charge in [-0.1, -0.05) is 0 Å². The van der Waals surface area contributed by atoms with Gasteiger partial charge in [-0.15, -0.1) is 0 Å². The highest BCUT2D eigenvalue weighted by molar-refractivity contribution is 5.88. The van der Waals surface area contributed by atoms with Crippen molar-refractivity contribution in [2.45, 2.75) is 0 Å². The number of carbonyl (C=O) groups is 1. The second kappa shape index (κ2) is 4.23. The molecular formula is C9H6N4O2. The van der Waals surface area contributed by atoms with Gasteiger partial charge in [0.05, 0.1) is 12.4 Å². The largest absolute Gasteiger partial charge is 0.401 e. The summed E-state index contributed by atoms with van der Waals surface area (Å²) in [7, 11) is 0. The van der Waals surface area contributed by atoms with Crippen LogP contribution in [0.1, 0.15) is 10.5 Å². The van der Waals surface area contributed by atoms with E-state index in [0.29, 0.717) is 0 Å². The van der Waals surface area contributed by atoms with Crippen molar-refractivity contribution in [2.75, 3.05) is 0 Å². The molecule has 0 spiro atoms. The lowest BCUT2D eigenvalue weighted by molar-refractivity contribution is 0.0720.